The summed E-state index contributed by atoms with van der Waals surface area (Å²) in [5.41, 5.74) is 1.53. The van der Waals surface area contributed by atoms with Gasteiger partial charge in [-0.3, -0.25) is 0 Å². The first kappa shape index (κ1) is 25.5. The van der Waals surface area contributed by atoms with Gasteiger partial charge in [-0.2, -0.15) is 13.2 Å². The Morgan fingerprint density at radius 1 is 0.944 bits per heavy atom. The van der Waals surface area contributed by atoms with Gasteiger partial charge in [0.25, 0.3) is 0 Å². The van der Waals surface area contributed by atoms with Gasteiger partial charge >= 0.3 is 6.18 Å². The van der Waals surface area contributed by atoms with Crippen LogP contribution in [-0.2, 0) is 11.6 Å². The maximum atomic E-state index is 13.9. The number of thiazole rings is 1. The molecular formula is C27H27F3N4OS. The standard InChI is InChI=1S/C27H27F3N4OS/c1-26(2,3)19-12-6-7-14-21(19)35-24-20(13-9-15-31-24)32-25-33-23(27(28,29)30)22(36-25)17-10-8-11-18(16-17)34(4)5/h6-16H,1-5H3,(H,32,33). The van der Waals surface area contributed by atoms with Gasteiger partial charge in [-0.25, -0.2) is 9.97 Å². The lowest BCUT2D eigenvalue weighted by Gasteiger charge is -2.22. The summed E-state index contributed by atoms with van der Waals surface area (Å²) in [6.07, 6.45) is -3.04. The quantitative estimate of drug-likeness (QED) is 0.283. The molecule has 0 aliphatic carbocycles. The first-order chi connectivity index (χ1) is 16.9. The van der Waals surface area contributed by atoms with E-state index in [-0.39, 0.29) is 21.3 Å². The molecule has 36 heavy (non-hydrogen) atoms. The van der Waals surface area contributed by atoms with Crippen molar-refractivity contribution in [1.29, 1.82) is 0 Å². The van der Waals surface area contributed by atoms with Crippen LogP contribution in [0.3, 0.4) is 0 Å². The topological polar surface area (TPSA) is 50.3 Å². The van der Waals surface area contributed by atoms with Crippen molar-refractivity contribution >= 4 is 27.8 Å². The maximum Gasteiger partial charge on any atom is 0.434 e. The van der Waals surface area contributed by atoms with Crippen LogP contribution in [0.25, 0.3) is 10.4 Å². The number of hydrogen-bond donors (Lipinski definition) is 1. The summed E-state index contributed by atoms with van der Waals surface area (Å²) in [6, 6.07) is 18.0. The van der Waals surface area contributed by atoms with Crippen molar-refractivity contribution in [2.75, 3.05) is 24.3 Å². The molecule has 4 rings (SSSR count). The predicted octanol–water partition coefficient (Wildman–Crippen LogP) is 8.12. The third kappa shape index (κ3) is 5.62. The zero-order chi connectivity index (χ0) is 26.1. The van der Waals surface area contributed by atoms with Crippen molar-refractivity contribution in [3.05, 3.63) is 78.1 Å². The molecule has 4 aromatic rings. The monoisotopic (exact) mass is 512 g/mol. The second-order valence-corrected chi connectivity index (χ2v) is 10.5. The van der Waals surface area contributed by atoms with E-state index in [1.165, 1.54) is 0 Å². The van der Waals surface area contributed by atoms with Crippen LogP contribution in [0.4, 0.5) is 29.7 Å². The number of nitrogens with one attached hydrogen (secondary N) is 1. The molecule has 0 amide bonds. The molecule has 188 valence electrons. The highest BCUT2D eigenvalue weighted by Gasteiger charge is 2.38. The number of ether oxygens (including phenoxy) is 1. The Balaban J connectivity index is 1.71. The number of pyridine rings is 1. The van der Waals surface area contributed by atoms with E-state index < -0.39 is 11.9 Å². The first-order valence-corrected chi connectivity index (χ1v) is 12.1. The van der Waals surface area contributed by atoms with E-state index >= 15 is 0 Å². The molecular weight excluding hydrogens is 485 g/mol. The van der Waals surface area contributed by atoms with Crippen LogP contribution in [0.15, 0.2) is 66.9 Å². The van der Waals surface area contributed by atoms with Gasteiger partial charge in [0.1, 0.15) is 11.4 Å². The van der Waals surface area contributed by atoms with E-state index in [0.29, 0.717) is 17.0 Å². The molecule has 0 saturated carbocycles. The second kappa shape index (κ2) is 9.81. The van der Waals surface area contributed by atoms with Gasteiger partial charge in [0.05, 0.1) is 4.88 Å². The Hall–Kier alpha value is -3.59. The number of nitrogens with zero attached hydrogens (tertiary/aromatic N) is 3. The average molecular weight is 513 g/mol. The van der Waals surface area contributed by atoms with Crippen molar-refractivity contribution in [3.8, 4) is 22.1 Å². The molecule has 0 spiro atoms. The number of aromatic nitrogens is 2. The molecule has 2 aromatic heterocycles. The molecule has 0 bridgehead atoms. The van der Waals surface area contributed by atoms with E-state index in [2.05, 4.69) is 36.1 Å². The lowest BCUT2D eigenvalue weighted by atomic mass is 9.86. The van der Waals surface area contributed by atoms with Gasteiger partial charge in [-0.15, -0.1) is 0 Å². The van der Waals surface area contributed by atoms with Crippen LogP contribution < -0.4 is 15.0 Å². The van der Waals surface area contributed by atoms with Gasteiger partial charge in [-0.05, 0) is 41.3 Å². The van der Waals surface area contributed by atoms with Gasteiger partial charge in [-0.1, -0.05) is 62.4 Å². The zero-order valence-corrected chi connectivity index (χ0v) is 21.5. The number of benzene rings is 2. The van der Waals surface area contributed by atoms with Crippen molar-refractivity contribution in [2.24, 2.45) is 0 Å². The van der Waals surface area contributed by atoms with Crippen molar-refractivity contribution in [3.63, 3.8) is 0 Å². The highest BCUT2D eigenvalue weighted by atomic mass is 32.1. The third-order valence-electron chi connectivity index (χ3n) is 5.43. The summed E-state index contributed by atoms with van der Waals surface area (Å²) in [5, 5.41) is 3.09. The molecule has 0 saturated heterocycles. The molecule has 0 aliphatic rings. The summed E-state index contributed by atoms with van der Waals surface area (Å²) in [5.74, 6) is 0.872. The highest BCUT2D eigenvalue weighted by molar-refractivity contribution is 7.19. The second-order valence-electron chi connectivity index (χ2n) is 9.47. The van der Waals surface area contributed by atoms with E-state index in [1.54, 1.807) is 36.5 Å². The van der Waals surface area contributed by atoms with E-state index in [1.807, 2.05) is 49.3 Å². The fourth-order valence-electron chi connectivity index (χ4n) is 3.65. The van der Waals surface area contributed by atoms with Crippen LogP contribution >= 0.6 is 11.3 Å². The van der Waals surface area contributed by atoms with E-state index in [4.69, 9.17) is 4.74 Å². The summed E-state index contributed by atoms with van der Waals surface area (Å²) >= 11 is 0.933. The molecule has 5 nitrogen and oxygen atoms in total. The Labute approximate surface area is 212 Å². The van der Waals surface area contributed by atoms with E-state index in [9.17, 15) is 13.2 Å². The Bertz CT molecular complexity index is 1360. The predicted molar refractivity (Wildman–Crippen MR) is 140 cm³/mol. The SMILES string of the molecule is CN(C)c1cccc(-c2sc(Nc3cccnc3Oc3ccccc3C(C)(C)C)nc2C(F)(F)F)c1. The molecule has 0 radical (unpaired) electrons. The normalized spacial score (nSPS) is 11.9. The van der Waals surface area contributed by atoms with E-state index in [0.717, 1.165) is 22.6 Å². The zero-order valence-electron chi connectivity index (χ0n) is 20.6. The van der Waals surface area contributed by atoms with Crippen LogP contribution in [0.2, 0.25) is 0 Å². The van der Waals surface area contributed by atoms with Crippen molar-refractivity contribution in [2.45, 2.75) is 32.4 Å². The average Bonchev–Trinajstić information content (AvgIpc) is 3.25. The summed E-state index contributed by atoms with van der Waals surface area (Å²) in [4.78, 5) is 10.1. The number of para-hydroxylation sites is 1. The largest absolute Gasteiger partial charge is 0.437 e. The molecule has 2 heterocycles. The van der Waals surface area contributed by atoms with Crippen LogP contribution in [0, 0.1) is 0 Å². The summed E-state index contributed by atoms with van der Waals surface area (Å²) in [7, 11) is 3.68. The third-order valence-corrected chi connectivity index (χ3v) is 6.45. The number of hydrogen-bond acceptors (Lipinski definition) is 6. The number of rotatable bonds is 6. The Morgan fingerprint density at radius 2 is 1.69 bits per heavy atom. The molecule has 2 aromatic carbocycles. The summed E-state index contributed by atoms with van der Waals surface area (Å²) < 4.78 is 48.0. The minimum absolute atomic E-state index is 0.0399. The molecule has 0 atom stereocenters. The Kier molecular flexibility index (Phi) is 6.95. The molecule has 0 fully saturated rings. The maximum absolute atomic E-state index is 13.9. The van der Waals surface area contributed by atoms with Crippen LogP contribution in [0.1, 0.15) is 32.0 Å². The fraction of sp³-hybridized carbons (Fsp3) is 0.259. The van der Waals surface area contributed by atoms with Gasteiger partial charge in [0.15, 0.2) is 10.8 Å². The van der Waals surface area contributed by atoms with Gasteiger partial charge < -0.3 is 15.0 Å². The fourth-order valence-corrected chi connectivity index (χ4v) is 4.64. The van der Waals surface area contributed by atoms with Crippen molar-refractivity contribution < 1.29 is 17.9 Å². The van der Waals surface area contributed by atoms with Crippen LogP contribution in [-0.4, -0.2) is 24.1 Å². The molecule has 0 aliphatic heterocycles. The smallest absolute Gasteiger partial charge is 0.434 e. The minimum Gasteiger partial charge on any atom is -0.437 e. The van der Waals surface area contributed by atoms with Crippen LogP contribution in [0.5, 0.6) is 11.6 Å². The lowest BCUT2D eigenvalue weighted by molar-refractivity contribution is -0.140. The Morgan fingerprint density at radius 3 is 2.39 bits per heavy atom. The molecule has 0 unspecified atom stereocenters. The molecule has 1 N–H and O–H groups in total. The summed E-state index contributed by atoms with van der Waals surface area (Å²) in [6.45, 7) is 6.23. The van der Waals surface area contributed by atoms with Gasteiger partial charge in [0.2, 0.25) is 5.88 Å². The lowest BCUT2D eigenvalue weighted by Crippen LogP contribution is -2.12. The number of anilines is 3. The van der Waals surface area contributed by atoms with Gasteiger partial charge in [0, 0.05) is 31.5 Å². The first-order valence-electron chi connectivity index (χ1n) is 11.3. The molecule has 9 heteroatoms. The van der Waals surface area contributed by atoms with Crippen molar-refractivity contribution in [1.82, 2.24) is 9.97 Å². The number of alkyl halides is 3. The minimum atomic E-state index is -4.61. The highest BCUT2D eigenvalue weighted by Crippen LogP contribution is 2.44. The number of halogens is 3.